The summed E-state index contributed by atoms with van der Waals surface area (Å²) in [6.45, 7) is 4.10. The molecule has 3 aromatic rings. The SMILES string of the molecule is CCC(c1ccc(N)cc1)c1ccc(N)cc1.Cc1c(N)cccc1N. The Morgan fingerprint density at radius 1 is 0.654 bits per heavy atom. The first-order chi connectivity index (χ1) is 12.4. The first-order valence-corrected chi connectivity index (χ1v) is 8.73. The molecule has 0 atom stereocenters. The van der Waals surface area contributed by atoms with Crippen LogP contribution in [0.5, 0.6) is 0 Å². The van der Waals surface area contributed by atoms with Crippen molar-refractivity contribution >= 4 is 22.7 Å². The van der Waals surface area contributed by atoms with Crippen LogP contribution in [0.3, 0.4) is 0 Å². The topological polar surface area (TPSA) is 104 Å². The van der Waals surface area contributed by atoms with Gasteiger partial charge >= 0.3 is 0 Å². The van der Waals surface area contributed by atoms with Crippen LogP contribution in [-0.4, -0.2) is 0 Å². The van der Waals surface area contributed by atoms with Gasteiger partial charge in [0.25, 0.3) is 0 Å². The lowest BCUT2D eigenvalue weighted by Crippen LogP contribution is -2.00. The van der Waals surface area contributed by atoms with Crippen LogP contribution in [0, 0.1) is 6.92 Å². The lowest BCUT2D eigenvalue weighted by molar-refractivity contribution is 0.778. The van der Waals surface area contributed by atoms with Gasteiger partial charge in [-0.3, -0.25) is 0 Å². The van der Waals surface area contributed by atoms with E-state index in [4.69, 9.17) is 22.9 Å². The maximum Gasteiger partial charge on any atom is 0.0364 e. The van der Waals surface area contributed by atoms with Gasteiger partial charge in [-0.15, -0.1) is 0 Å². The summed E-state index contributed by atoms with van der Waals surface area (Å²) in [5.74, 6) is 0.413. The predicted molar refractivity (Wildman–Crippen MR) is 114 cm³/mol. The Balaban J connectivity index is 0.000000228. The molecule has 0 fully saturated rings. The van der Waals surface area contributed by atoms with E-state index in [2.05, 4.69) is 31.2 Å². The fourth-order valence-electron chi connectivity index (χ4n) is 2.79. The van der Waals surface area contributed by atoms with Crippen molar-refractivity contribution in [3.05, 3.63) is 83.4 Å². The standard InChI is InChI=1S/C15H18N2.C7H10N2/c1-2-15(11-3-7-13(16)8-4-11)12-5-9-14(17)10-6-12;1-5-6(8)3-2-4-7(5)9/h3-10,15H,2,16-17H2,1H3;2-4H,8-9H2,1H3. The number of anilines is 4. The third kappa shape index (κ3) is 4.93. The van der Waals surface area contributed by atoms with E-state index >= 15 is 0 Å². The molecule has 3 aromatic carbocycles. The van der Waals surface area contributed by atoms with Crippen molar-refractivity contribution in [1.82, 2.24) is 0 Å². The van der Waals surface area contributed by atoms with Crippen molar-refractivity contribution in [3.8, 4) is 0 Å². The molecule has 0 aliphatic rings. The minimum Gasteiger partial charge on any atom is -0.399 e. The van der Waals surface area contributed by atoms with E-state index in [0.717, 1.165) is 34.7 Å². The fraction of sp³-hybridized carbons (Fsp3) is 0.182. The highest BCUT2D eigenvalue weighted by Crippen LogP contribution is 2.28. The average Bonchev–Trinajstić information content (AvgIpc) is 2.64. The van der Waals surface area contributed by atoms with Crippen LogP contribution in [-0.2, 0) is 0 Å². The number of benzene rings is 3. The first kappa shape index (κ1) is 19.2. The van der Waals surface area contributed by atoms with Crippen LogP contribution in [0.2, 0.25) is 0 Å². The Kier molecular flexibility index (Phi) is 6.50. The van der Waals surface area contributed by atoms with Gasteiger partial charge in [-0.1, -0.05) is 37.3 Å². The van der Waals surface area contributed by atoms with Crippen LogP contribution in [0.25, 0.3) is 0 Å². The molecule has 0 amide bonds. The summed E-state index contributed by atoms with van der Waals surface area (Å²) < 4.78 is 0. The monoisotopic (exact) mass is 348 g/mol. The Morgan fingerprint density at radius 2 is 1.04 bits per heavy atom. The Bertz CT molecular complexity index is 758. The van der Waals surface area contributed by atoms with E-state index in [-0.39, 0.29) is 0 Å². The van der Waals surface area contributed by atoms with Gasteiger partial charge in [0.05, 0.1) is 0 Å². The minimum absolute atomic E-state index is 0.413. The number of rotatable bonds is 3. The van der Waals surface area contributed by atoms with Gasteiger partial charge in [0.1, 0.15) is 0 Å². The zero-order valence-corrected chi connectivity index (χ0v) is 15.4. The van der Waals surface area contributed by atoms with Gasteiger partial charge in [0, 0.05) is 28.7 Å². The molecular weight excluding hydrogens is 320 g/mol. The van der Waals surface area contributed by atoms with E-state index in [1.165, 1.54) is 11.1 Å². The molecule has 0 bridgehead atoms. The van der Waals surface area contributed by atoms with Gasteiger partial charge in [-0.2, -0.15) is 0 Å². The highest BCUT2D eigenvalue weighted by Gasteiger charge is 2.11. The smallest absolute Gasteiger partial charge is 0.0364 e. The molecule has 8 N–H and O–H groups in total. The molecule has 26 heavy (non-hydrogen) atoms. The lowest BCUT2D eigenvalue weighted by Gasteiger charge is -2.16. The van der Waals surface area contributed by atoms with E-state index in [1.54, 1.807) is 0 Å². The number of hydrogen-bond donors (Lipinski definition) is 4. The quantitative estimate of drug-likeness (QED) is 0.521. The normalized spacial score (nSPS) is 10.3. The van der Waals surface area contributed by atoms with E-state index in [9.17, 15) is 0 Å². The third-order valence-electron chi connectivity index (χ3n) is 4.50. The summed E-state index contributed by atoms with van der Waals surface area (Å²) >= 11 is 0. The van der Waals surface area contributed by atoms with Crippen molar-refractivity contribution < 1.29 is 0 Å². The molecule has 0 aliphatic carbocycles. The molecule has 0 saturated heterocycles. The summed E-state index contributed by atoms with van der Waals surface area (Å²) in [5.41, 5.74) is 29.2. The summed E-state index contributed by atoms with van der Waals surface area (Å²) in [5, 5.41) is 0. The zero-order chi connectivity index (χ0) is 19.1. The summed E-state index contributed by atoms with van der Waals surface area (Å²) in [7, 11) is 0. The molecule has 4 nitrogen and oxygen atoms in total. The molecular formula is C22H28N4. The van der Waals surface area contributed by atoms with Crippen molar-refractivity contribution in [2.45, 2.75) is 26.2 Å². The third-order valence-corrected chi connectivity index (χ3v) is 4.50. The number of nitrogen functional groups attached to an aromatic ring is 4. The van der Waals surface area contributed by atoms with E-state index in [1.807, 2.05) is 49.4 Å². The highest BCUT2D eigenvalue weighted by molar-refractivity contribution is 5.60. The van der Waals surface area contributed by atoms with Gasteiger partial charge in [0.2, 0.25) is 0 Å². The summed E-state index contributed by atoms with van der Waals surface area (Å²) in [6.07, 6.45) is 1.06. The lowest BCUT2D eigenvalue weighted by atomic mass is 9.89. The van der Waals surface area contributed by atoms with Crippen LogP contribution in [0.1, 0.15) is 36.0 Å². The van der Waals surface area contributed by atoms with Gasteiger partial charge < -0.3 is 22.9 Å². The summed E-state index contributed by atoms with van der Waals surface area (Å²) in [4.78, 5) is 0. The molecule has 136 valence electrons. The van der Waals surface area contributed by atoms with Crippen LogP contribution in [0.4, 0.5) is 22.7 Å². The predicted octanol–water partition coefficient (Wildman–Crippen LogP) is 4.55. The van der Waals surface area contributed by atoms with Crippen LogP contribution >= 0.6 is 0 Å². The number of nitrogens with two attached hydrogens (primary N) is 4. The Labute approximate surface area is 155 Å². The Morgan fingerprint density at radius 3 is 1.35 bits per heavy atom. The molecule has 0 saturated carbocycles. The molecule has 0 radical (unpaired) electrons. The molecule has 0 heterocycles. The number of hydrogen-bond acceptors (Lipinski definition) is 4. The van der Waals surface area contributed by atoms with Gasteiger partial charge in [0.15, 0.2) is 0 Å². The van der Waals surface area contributed by atoms with Crippen molar-refractivity contribution in [3.63, 3.8) is 0 Å². The molecule has 0 unspecified atom stereocenters. The maximum atomic E-state index is 5.71. The second-order valence-corrected chi connectivity index (χ2v) is 6.36. The molecule has 3 rings (SSSR count). The largest absolute Gasteiger partial charge is 0.399 e. The van der Waals surface area contributed by atoms with Gasteiger partial charge in [-0.25, -0.2) is 0 Å². The first-order valence-electron chi connectivity index (χ1n) is 8.73. The highest BCUT2D eigenvalue weighted by atomic mass is 14.6. The molecule has 0 aromatic heterocycles. The zero-order valence-electron chi connectivity index (χ0n) is 15.4. The van der Waals surface area contributed by atoms with Gasteiger partial charge in [-0.05, 0) is 66.4 Å². The summed E-state index contributed by atoms with van der Waals surface area (Å²) in [6, 6.07) is 21.7. The molecule has 0 spiro atoms. The van der Waals surface area contributed by atoms with Crippen LogP contribution < -0.4 is 22.9 Å². The fourth-order valence-corrected chi connectivity index (χ4v) is 2.79. The Hall–Kier alpha value is -3.14. The molecule has 0 aliphatic heterocycles. The maximum absolute atomic E-state index is 5.71. The van der Waals surface area contributed by atoms with Crippen LogP contribution in [0.15, 0.2) is 66.7 Å². The average molecular weight is 348 g/mol. The van der Waals surface area contributed by atoms with Crippen molar-refractivity contribution in [2.75, 3.05) is 22.9 Å². The second-order valence-electron chi connectivity index (χ2n) is 6.36. The van der Waals surface area contributed by atoms with E-state index < -0.39 is 0 Å². The van der Waals surface area contributed by atoms with Crippen molar-refractivity contribution in [2.24, 2.45) is 0 Å². The van der Waals surface area contributed by atoms with E-state index in [0.29, 0.717) is 5.92 Å². The second kappa shape index (κ2) is 8.81. The minimum atomic E-state index is 0.413. The van der Waals surface area contributed by atoms with Crippen molar-refractivity contribution in [1.29, 1.82) is 0 Å². The molecule has 4 heteroatoms.